The van der Waals surface area contributed by atoms with Gasteiger partial charge in [-0.15, -0.1) is 0 Å². The highest BCUT2D eigenvalue weighted by Crippen LogP contribution is 2.33. The van der Waals surface area contributed by atoms with E-state index in [1.54, 1.807) is 31.2 Å². The van der Waals surface area contributed by atoms with E-state index in [-0.39, 0.29) is 18.8 Å². The lowest BCUT2D eigenvalue weighted by Gasteiger charge is -2.35. The Balaban J connectivity index is 1.82. The number of rotatable bonds is 6. The Hall–Kier alpha value is -3.87. The smallest absolute Gasteiger partial charge is 0.443 e. The molecule has 1 fully saturated rings. The number of ether oxygens (including phenoxy) is 4. The van der Waals surface area contributed by atoms with Crippen molar-refractivity contribution in [3.8, 4) is 16.9 Å². The summed E-state index contributed by atoms with van der Waals surface area (Å²) in [6.45, 7) is 9.94. The van der Waals surface area contributed by atoms with Gasteiger partial charge in [-0.05, 0) is 37.1 Å². The summed E-state index contributed by atoms with van der Waals surface area (Å²) in [5.41, 5.74) is 1.67. The number of esters is 2. The summed E-state index contributed by atoms with van der Waals surface area (Å²) in [7, 11) is 0. The molecular weight excluding hydrogens is 400 g/mol. The van der Waals surface area contributed by atoms with Crippen molar-refractivity contribution < 1.29 is 33.3 Å². The molecule has 7 heteroatoms. The summed E-state index contributed by atoms with van der Waals surface area (Å²) in [5, 5.41) is 0. The van der Waals surface area contributed by atoms with Crippen LogP contribution in [0.3, 0.4) is 0 Å². The molecule has 2 aromatic carbocycles. The molecule has 0 aromatic heterocycles. The average Bonchev–Trinajstić information content (AvgIpc) is 2.76. The Kier molecular flexibility index (Phi) is 6.25. The highest BCUT2D eigenvalue weighted by Gasteiger charge is 2.43. The van der Waals surface area contributed by atoms with E-state index in [4.69, 9.17) is 18.9 Å². The van der Waals surface area contributed by atoms with Gasteiger partial charge >= 0.3 is 18.1 Å². The molecule has 1 aliphatic heterocycles. The van der Waals surface area contributed by atoms with Crippen LogP contribution in [-0.2, 0) is 29.4 Å². The molecule has 0 spiro atoms. The van der Waals surface area contributed by atoms with Crippen molar-refractivity contribution >= 4 is 18.1 Å². The minimum absolute atomic E-state index is 0.160. The van der Waals surface area contributed by atoms with Gasteiger partial charge in [-0.1, -0.05) is 49.6 Å². The predicted octanol–water partition coefficient (Wildman–Crippen LogP) is 4.32. The van der Waals surface area contributed by atoms with E-state index in [9.17, 15) is 14.4 Å². The lowest BCUT2D eigenvalue weighted by atomic mass is 9.92. The van der Waals surface area contributed by atoms with E-state index in [0.717, 1.165) is 11.1 Å². The summed E-state index contributed by atoms with van der Waals surface area (Å²) < 4.78 is 20.8. The summed E-state index contributed by atoms with van der Waals surface area (Å²) in [4.78, 5) is 35.1. The van der Waals surface area contributed by atoms with Gasteiger partial charge in [-0.2, -0.15) is 0 Å². The van der Waals surface area contributed by atoms with E-state index in [0.29, 0.717) is 16.9 Å². The fourth-order valence-corrected chi connectivity index (χ4v) is 2.86. The largest absolute Gasteiger partial charge is 0.508 e. The molecule has 0 amide bonds. The quantitative estimate of drug-likeness (QED) is 0.389. The maximum Gasteiger partial charge on any atom is 0.508 e. The molecule has 0 unspecified atom stereocenters. The zero-order valence-electron chi connectivity index (χ0n) is 17.3. The molecule has 0 aliphatic carbocycles. The van der Waals surface area contributed by atoms with Crippen LogP contribution in [0.25, 0.3) is 11.1 Å². The Morgan fingerprint density at radius 2 is 1.32 bits per heavy atom. The van der Waals surface area contributed by atoms with Crippen LogP contribution >= 0.6 is 0 Å². The Bertz CT molecular complexity index is 1020. The maximum absolute atomic E-state index is 12.2. The number of hydrogen-bond acceptors (Lipinski definition) is 7. The molecule has 3 rings (SSSR count). The van der Waals surface area contributed by atoms with Gasteiger partial charge in [0.25, 0.3) is 0 Å². The van der Waals surface area contributed by atoms with Crippen LogP contribution in [0.15, 0.2) is 72.8 Å². The standard InChI is InChI=1S/C24H22O7/c1-15(2)21(25)30-20-11-7-18(8-12-20)17-5-9-19(10-6-17)24(31-22(26)16(3)4)13-28-23(27)29-14-24/h5-12H,1,3,13-14H2,2,4H3. The molecule has 1 aliphatic rings. The lowest BCUT2D eigenvalue weighted by Crippen LogP contribution is -2.46. The minimum Gasteiger partial charge on any atom is -0.443 e. The molecule has 0 N–H and O–H groups in total. The monoisotopic (exact) mass is 422 g/mol. The van der Waals surface area contributed by atoms with Crippen molar-refractivity contribution in [1.29, 1.82) is 0 Å². The Morgan fingerprint density at radius 3 is 1.81 bits per heavy atom. The molecular formula is C24H22O7. The molecule has 2 aromatic rings. The molecule has 160 valence electrons. The van der Waals surface area contributed by atoms with E-state index in [2.05, 4.69) is 13.2 Å². The average molecular weight is 422 g/mol. The van der Waals surface area contributed by atoms with Crippen molar-refractivity contribution in [1.82, 2.24) is 0 Å². The summed E-state index contributed by atoms with van der Waals surface area (Å²) in [5.74, 6) is -0.673. The predicted molar refractivity (Wildman–Crippen MR) is 112 cm³/mol. The van der Waals surface area contributed by atoms with Crippen molar-refractivity contribution in [3.63, 3.8) is 0 Å². The molecule has 7 nitrogen and oxygen atoms in total. The summed E-state index contributed by atoms with van der Waals surface area (Å²) >= 11 is 0. The van der Waals surface area contributed by atoms with Crippen molar-refractivity contribution in [2.24, 2.45) is 0 Å². The third-order valence-corrected chi connectivity index (χ3v) is 4.64. The first-order chi connectivity index (χ1) is 14.7. The van der Waals surface area contributed by atoms with Gasteiger partial charge in [0, 0.05) is 16.7 Å². The molecule has 0 saturated carbocycles. The number of cyclic esters (lactones) is 2. The van der Waals surface area contributed by atoms with E-state index in [1.165, 1.54) is 6.92 Å². The molecule has 0 radical (unpaired) electrons. The number of hydrogen-bond donors (Lipinski definition) is 0. The lowest BCUT2D eigenvalue weighted by molar-refractivity contribution is -0.180. The molecule has 1 heterocycles. The fraction of sp³-hybridized carbons (Fsp3) is 0.208. The summed E-state index contributed by atoms with van der Waals surface area (Å²) in [6.07, 6.45) is -0.814. The van der Waals surface area contributed by atoms with Crippen LogP contribution in [0.4, 0.5) is 4.79 Å². The van der Waals surface area contributed by atoms with Crippen LogP contribution < -0.4 is 4.74 Å². The van der Waals surface area contributed by atoms with Crippen LogP contribution in [-0.4, -0.2) is 31.3 Å². The van der Waals surface area contributed by atoms with Gasteiger partial charge in [-0.25, -0.2) is 14.4 Å². The van der Waals surface area contributed by atoms with Crippen molar-refractivity contribution in [2.75, 3.05) is 13.2 Å². The molecule has 1 saturated heterocycles. The molecule has 0 bridgehead atoms. The normalized spacial score (nSPS) is 14.6. The van der Waals surface area contributed by atoms with Crippen LogP contribution in [0.2, 0.25) is 0 Å². The highest BCUT2D eigenvalue weighted by atomic mass is 16.8. The van der Waals surface area contributed by atoms with Gasteiger partial charge < -0.3 is 18.9 Å². The zero-order chi connectivity index (χ0) is 22.6. The maximum atomic E-state index is 12.2. The molecule has 0 atom stereocenters. The van der Waals surface area contributed by atoms with E-state index in [1.807, 2.05) is 24.3 Å². The first-order valence-electron chi connectivity index (χ1n) is 9.47. The topological polar surface area (TPSA) is 88.1 Å². The first kappa shape index (κ1) is 21.8. The highest BCUT2D eigenvalue weighted by molar-refractivity contribution is 5.89. The van der Waals surface area contributed by atoms with Crippen LogP contribution in [0, 0.1) is 0 Å². The minimum atomic E-state index is -1.26. The number of benzene rings is 2. The number of carbonyl (C=O) groups is 3. The van der Waals surface area contributed by atoms with Gasteiger partial charge in [-0.3, -0.25) is 0 Å². The SMILES string of the molecule is C=C(C)C(=O)Oc1ccc(-c2ccc(C3(OC(=O)C(=C)C)COC(=O)OC3)cc2)cc1. The second-order valence-electron chi connectivity index (χ2n) is 7.26. The Labute approximate surface area is 179 Å². The van der Waals surface area contributed by atoms with E-state index < -0.39 is 23.7 Å². The third kappa shape index (κ3) is 5.01. The van der Waals surface area contributed by atoms with Crippen molar-refractivity contribution in [3.05, 3.63) is 78.4 Å². The number of carbonyl (C=O) groups excluding carboxylic acids is 3. The van der Waals surface area contributed by atoms with Gasteiger partial charge in [0.15, 0.2) is 0 Å². The van der Waals surface area contributed by atoms with Gasteiger partial charge in [0.2, 0.25) is 5.60 Å². The summed E-state index contributed by atoms with van der Waals surface area (Å²) in [6, 6.07) is 14.3. The fourth-order valence-electron chi connectivity index (χ4n) is 2.86. The Morgan fingerprint density at radius 1 is 0.839 bits per heavy atom. The van der Waals surface area contributed by atoms with E-state index >= 15 is 0 Å². The zero-order valence-corrected chi connectivity index (χ0v) is 17.3. The third-order valence-electron chi connectivity index (χ3n) is 4.64. The van der Waals surface area contributed by atoms with Crippen LogP contribution in [0.1, 0.15) is 19.4 Å². The second kappa shape index (κ2) is 8.87. The second-order valence-corrected chi connectivity index (χ2v) is 7.26. The first-order valence-corrected chi connectivity index (χ1v) is 9.47. The van der Waals surface area contributed by atoms with Gasteiger partial charge in [0.1, 0.15) is 19.0 Å². The van der Waals surface area contributed by atoms with Crippen LogP contribution in [0.5, 0.6) is 5.75 Å². The van der Waals surface area contributed by atoms with Crippen molar-refractivity contribution in [2.45, 2.75) is 19.4 Å². The molecule has 31 heavy (non-hydrogen) atoms. The van der Waals surface area contributed by atoms with Gasteiger partial charge in [0.05, 0.1) is 0 Å².